The lowest BCUT2D eigenvalue weighted by molar-refractivity contribution is 0.197. The summed E-state index contributed by atoms with van der Waals surface area (Å²) in [6.07, 6.45) is 4.42. The number of aromatic nitrogens is 1. The van der Waals surface area contributed by atoms with Gasteiger partial charge in [-0.3, -0.25) is 9.88 Å². The normalized spacial score (nSPS) is 18.2. The highest BCUT2D eigenvalue weighted by Crippen LogP contribution is 2.35. The van der Waals surface area contributed by atoms with Crippen molar-refractivity contribution in [3.63, 3.8) is 0 Å². The molecule has 152 valence electrons. The van der Waals surface area contributed by atoms with Crippen molar-refractivity contribution in [1.29, 1.82) is 0 Å². The molecule has 1 atom stereocenters. The zero-order valence-electron chi connectivity index (χ0n) is 15.7. The second-order valence-electron chi connectivity index (χ2n) is 7.00. The third-order valence-corrected chi connectivity index (χ3v) is 6.57. The minimum atomic E-state index is -3.43. The summed E-state index contributed by atoms with van der Waals surface area (Å²) < 4.78 is 29.6. The number of pyridine rings is 1. The van der Waals surface area contributed by atoms with Crippen molar-refractivity contribution in [2.75, 3.05) is 26.5 Å². The van der Waals surface area contributed by atoms with Crippen LogP contribution in [0.5, 0.6) is 11.5 Å². The van der Waals surface area contributed by atoms with Crippen LogP contribution in [0, 0.1) is 0 Å². The van der Waals surface area contributed by atoms with Gasteiger partial charge in [0.15, 0.2) is 21.3 Å². The Bertz CT molecular complexity index is 982. The molecule has 1 unspecified atom stereocenters. The van der Waals surface area contributed by atoms with E-state index < -0.39 is 9.84 Å². The Morgan fingerprint density at radius 2 is 2.07 bits per heavy atom. The van der Waals surface area contributed by atoms with Crippen LogP contribution in [0.2, 0.25) is 10.0 Å². The number of likely N-dealkylation sites (tertiary alicyclic amines) is 1. The molecule has 0 aliphatic carbocycles. The van der Waals surface area contributed by atoms with Crippen LogP contribution in [-0.2, 0) is 16.4 Å². The van der Waals surface area contributed by atoms with E-state index in [0.717, 1.165) is 24.9 Å². The number of rotatable bonds is 5. The van der Waals surface area contributed by atoms with Gasteiger partial charge in [0.05, 0.1) is 22.7 Å². The summed E-state index contributed by atoms with van der Waals surface area (Å²) in [7, 11) is -1.94. The first-order valence-corrected chi connectivity index (χ1v) is 11.5. The van der Waals surface area contributed by atoms with Crippen molar-refractivity contribution >= 4 is 33.0 Å². The molecule has 6 nitrogen and oxygen atoms in total. The molecule has 28 heavy (non-hydrogen) atoms. The van der Waals surface area contributed by atoms with Crippen molar-refractivity contribution < 1.29 is 18.3 Å². The number of hydrogen-bond acceptors (Lipinski definition) is 6. The summed E-state index contributed by atoms with van der Waals surface area (Å²) in [6.45, 7) is 2.07. The minimum Gasteiger partial charge on any atom is -0.504 e. The van der Waals surface area contributed by atoms with Crippen molar-refractivity contribution in [3.05, 3.63) is 45.7 Å². The molecule has 1 fully saturated rings. The number of halogens is 2. The number of benzene rings is 1. The molecule has 9 heteroatoms. The average Bonchev–Trinajstić information content (AvgIpc) is 2.63. The maximum Gasteiger partial charge on any atom is 0.177 e. The van der Waals surface area contributed by atoms with Crippen LogP contribution < -0.4 is 4.74 Å². The van der Waals surface area contributed by atoms with Gasteiger partial charge in [0.1, 0.15) is 0 Å². The molecule has 3 rings (SSSR count). The first kappa shape index (κ1) is 21.2. The maximum atomic E-state index is 12.2. The molecule has 0 radical (unpaired) electrons. The average molecular weight is 445 g/mol. The van der Waals surface area contributed by atoms with Gasteiger partial charge in [-0.2, -0.15) is 0 Å². The van der Waals surface area contributed by atoms with Gasteiger partial charge >= 0.3 is 0 Å². The van der Waals surface area contributed by atoms with Crippen LogP contribution in [0.15, 0.2) is 29.3 Å². The van der Waals surface area contributed by atoms with Crippen LogP contribution in [0.3, 0.4) is 0 Å². The molecule has 0 spiro atoms. The Hall–Kier alpha value is -1.54. The molecule has 0 saturated carbocycles. The highest BCUT2D eigenvalue weighted by Gasteiger charge is 2.28. The molecule has 1 aliphatic rings. The van der Waals surface area contributed by atoms with E-state index in [9.17, 15) is 13.5 Å². The first-order chi connectivity index (χ1) is 13.2. The van der Waals surface area contributed by atoms with E-state index in [0.29, 0.717) is 34.6 Å². The number of methoxy groups -OCH3 is 1. The van der Waals surface area contributed by atoms with Crippen LogP contribution >= 0.6 is 23.2 Å². The summed E-state index contributed by atoms with van der Waals surface area (Å²) in [5.74, 6) is 0.344. The van der Waals surface area contributed by atoms with Crippen LogP contribution in [0.4, 0.5) is 0 Å². The molecule has 1 aliphatic heterocycles. The molecule has 0 amide bonds. The second kappa shape index (κ2) is 8.45. The Labute approximate surface area is 175 Å². The summed E-state index contributed by atoms with van der Waals surface area (Å²) in [5, 5.41) is 10.6. The number of phenolic OH excluding ortho intramolecular Hbond substituents is 1. The topological polar surface area (TPSA) is 79.7 Å². The Morgan fingerprint density at radius 3 is 2.75 bits per heavy atom. The SMILES string of the molecule is COc1cc(CN2CCCC(c3ncc(Cl)cc3S(C)(=O)=O)C2)c(Cl)cc1O. The predicted molar refractivity (Wildman–Crippen MR) is 109 cm³/mol. The lowest BCUT2D eigenvalue weighted by Crippen LogP contribution is -2.34. The largest absolute Gasteiger partial charge is 0.504 e. The van der Waals surface area contributed by atoms with E-state index in [1.165, 1.54) is 31.7 Å². The standard InChI is InChI=1S/C19H22Cl2N2O4S/c1-27-17-6-13(15(21)8-16(17)24)11-23-5-3-4-12(10-23)19-18(28(2,25)26)7-14(20)9-22-19/h6-9,12,24H,3-5,10-11H2,1-2H3. The van der Waals surface area contributed by atoms with Gasteiger partial charge in [-0.05, 0) is 37.1 Å². The smallest absolute Gasteiger partial charge is 0.177 e. The number of nitrogens with zero attached hydrogens (tertiary/aromatic N) is 2. The Balaban J connectivity index is 1.85. The highest BCUT2D eigenvalue weighted by molar-refractivity contribution is 7.90. The van der Waals surface area contributed by atoms with Crippen molar-refractivity contribution in [2.24, 2.45) is 0 Å². The van der Waals surface area contributed by atoms with E-state index >= 15 is 0 Å². The van der Waals surface area contributed by atoms with Gasteiger partial charge in [0.25, 0.3) is 0 Å². The summed E-state index contributed by atoms with van der Waals surface area (Å²) in [4.78, 5) is 6.74. The van der Waals surface area contributed by atoms with Crippen LogP contribution in [0.25, 0.3) is 0 Å². The molecule has 1 N–H and O–H groups in total. The number of piperidine rings is 1. The van der Waals surface area contributed by atoms with Crippen LogP contribution in [-0.4, -0.2) is 49.9 Å². The number of hydrogen-bond donors (Lipinski definition) is 1. The van der Waals surface area contributed by atoms with E-state index in [2.05, 4.69) is 9.88 Å². The van der Waals surface area contributed by atoms with Crippen molar-refractivity contribution in [1.82, 2.24) is 9.88 Å². The van der Waals surface area contributed by atoms with E-state index in [1.54, 1.807) is 6.07 Å². The fourth-order valence-corrected chi connectivity index (χ4v) is 4.95. The zero-order valence-corrected chi connectivity index (χ0v) is 18.0. The highest BCUT2D eigenvalue weighted by atomic mass is 35.5. The minimum absolute atomic E-state index is 0.00377. The van der Waals surface area contributed by atoms with Gasteiger partial charge in [-0.25, -0.2) is 8.42 Å². The Morgan fingerprint density at radius 1 is 1.32 bits per heavy atom. The van der Waals surface area contributed by atoms with E-state index in [4.69, 9.17) is 27.9 Å². The monoisotopic (exact) mass is 444 g/mol. The molecule has 2 aromatic rings. The van der Waals surface area contributed by atoms with E-state index in [1.807, 2.05) is 0 Å². The van der Waals surface area contributed by atoms with Crippen LogP contribution in [0.1, 0.15) is 30.0 Å². The van der Waals surface area contributed by atoms with Gasteiger partial charge < -0.3 is 9.84 Å². The predicted octanol–water partition coefficient (Wildman–Crippen LogP) is 3.89. The van der Waals surface area contributed by atoms with Gasteiger partial charge in [-0.1, -0.05) is 23.2 Å². The molecule has 0 bridgehead atoms. The fourth-order valence-electron chi connectivity index (χ4n) is 3.57. The lowest BCUT2D eigenvalue weighted by Gasteiger charge is -2.33. The molecular weight excluding hydrogens is 423 g/mol. The van der Waals surface area contributed by atoms with Gasteiger partial charge in [-0.15, -0.1) is 0 Å². The molecular formula is C19H22Cl2N2O4S. The van der Waals surface area contributed by atoms with Gasteiger partial charge in [0.2, 0.25) is 0 Å². The number of phenols is 1. The molecule has 1 aromatic carbocycles. The summed E-state index contributed by atoms with van der Waals surface area (Å²) in [5.41, 5.74) is 1.40. The third-order valence-electron chi connectivity index (χ3n) is 4.88. The second-order valence-corrected chi connectivity index (χ2v) is 9.83. The third kappa shape index (κ3) is 4.71. The summed E-state index contributed by atoms with van der Waals surface area (Å²) >= 11 is 12.3. The van der Waals surface area contributed by atoms with E-state index in [-0.39, 0.29) is 16.6 Å². The number of aromatic hydroxyl groups is 1. The maximum absolute atomic E-state index is 12.2. The van der Waals surface area contributed by atoms with Crippen molar-refractivity contribution in [2.45, 2.75) is 30.2 Å². The zero-order chi connectivity index (χ0) is 20.5. The van der Waals surface area contributed by atoms with Gasteiger partial charge in [0, 0.05) is 42.5 Å². The number of ether oxygens (including phenoxy) is 1. The summed E-state index contributed by atoms with van der Waals surface area (Å²) in [6, 6.07) is 4.67. The Kier molecular flexibility index (Phi) is 6.39. The quantitative estimate of drug-likeness (QED) is 0.753. The fraction of sp³-hybridized carbons (Fsp3) is 0.421. The van der Waals surface area contributed by atoms with Crippen molar-refractivity contribution in [3.8, 4) is 11.5 Å². The molecule has 1 aromatic heterocycles. The lowest BCUT2D eigenvalue weighted by atomic mass is 9.94. The molecule has 2 heterocycles. The first-order valence-electron chi connectivity index (χ1n) is 8.82. The number of sulfone groups is 1. The molecule has 1 saturated heterocycles.